The fourth-order valence-corrected chi connectivity index (χ4v) is 1.93. The van der Waals surface area contributed by atoms with Crippen molar-refractivity contribution in [2.24, 2.45) is 0 Å². The third-order valence-electron chi connectivity index (χ3n) is 3.10. The van der Waals surface area contributed by atoms with Gasteiger partial charge >= 0.3 is 0 Å². The number of rotatable bonds is 4. The summed E-state index contributed by atoms with van der Waals surface area (Å²) in [6, 6.07) is 6.57. The van der Waals surface area contributed by atoms with Crippen LogP contribution in [0.1, 0.15) is 24.1 Å². The zero-order valence-electron chi connectivity index (χ0n) is 10.8. The van der Waals surface area contributed by atoms with Gasteiger partial charge in [0.15, 0.2) is 0 Å². The molecule has 100 valence electrons. The first kappa shape index (κ1) is 13.7. The molecule has 0 aliphatic carbocycles. The Balaban J connectivity index is 2.23. The fraction of sp³-hybridized carbons (Fsp3) is 0.286. The molecule has 1 aromatic heterocycles. The van der Waals surface area contributed by atoms with Gasteiger partial charge in [-0.1, -0.05) is 18.2 Å². The number of nitrogens with zero attached hydrogens (tertiary/aromatic N) is 3. The summed E-state index contributed by atoms with van der Waals surface area (Å²) in [4.78, 5) is 10.3. The quantitative estimate of drug-likeness (QED) is 0.802. The Hall–Kier alpha value is -1.68. The van der Waals surface area contributed by atoms with E-state index in [1.165, 1.54) is 6.07 Å². The Morgan fingerprint density at radius 3 is 2.47 bits per heavy atom. The van der Waals surface area contributed by atoms with Gasteiger partial charge in [0.25, 0.3) is 0 Å². The van der Waals surface area contributed by atoms with Gasteiger partial charge in [-0.2, -0.15) is 0 Å². The molecule has 0 fully saturated rings. The van der Waals surface area contributed by atoms with Crippen LogP contribution in [0, 0.1) is 5.82 Å². The smallest absolute Gasteiger partial charge is 0.225 e. The summed E-state index contributed by atoms with van der Waals surface area (Å²) >= 11 is 5.69. The number of halogens is 2. The fourth-order valence-electron chi connectivity index (χ4n) is 1.79. The normalized spacial score (nSPS) is 12.2. The zero-order valence-corrected chi connectivity index (χ0v) is 11.6. The Morgan fingerprint density at radius 2 is 1.89 bits per heavy atom. The number of benzene rings is 1. The molecule has 5 heteroatoms. The van der Waals surface area contributed by atoms with Gasteiger partial charge in [-0.05, 0) is 13.0 Å². The van der Waals surface area contributed by atoms with E-state index < -0.39 is 0 Å². The topological polar surface area (TPSA) is 29.0 Å². The summed E-state index contributed by atoms with van der Waals surface area (Å²) in [6.07, 6.45) is 3.36. The SMILES string of the molecule is CC(c1ccccc1F)N(C)c1ncc(CCl)cn1. The summed E-state index contributed by atoms with van der Waals surface area (Å²) in [5, 5.41) is 0. The van der Waals surface area contributed by atoms with Crippen molar-refractivity contribution in [2.45, 2.75) is 18.8 Å². The highest BCUT2D eigenvalue weighted by atomic mass is 35.5. The van der Waals surface area contributed by atoms with E-state index in [0.717, 1.165) is 5.56 Å². The van der Waals surface area contributed by atoms with E-state index in [1.54, 1.807) is 24.5 Å². The van der Waals surface area contributed by atoms with Gasteiger partial charge < -0.3 is 4.90 Å². The summed E-state index contributed by atoms with van der Waals surface area (Å²) in [6.45, 7) is 1.91. The minimum absolute atomic E-state index is 0.150. The van der Waals surface area contributed by atoms with Crippen molar-refractivity contribution >= 4 is 17.5 Å². The van der Waals surface area contributed by atoms with Crippen molar-refractivity contribution < 1.29 is 4.39 Å². The highest BCUT2D eigenvalue weighted by molar-refractivity contribution is 6.17. The molecule has 2 rings (SSSR count). The van der Waals surface area contributed by atoms with Gasteiger partial charge in [-0.15, -0.1) is 11.6 Å². The van der Waals surface area contributed by atoms with E-state index in [0.29, 0.717) is 17.4 Å². The zero-order chi connectivity index (χ0) is 13.8. The maximum Gasteiger partial charge on any atom is 0.225 e. The molecule has 1 heterocycles. The van der Waals surface area contributed by atoms with Gasteiger partial charge in [-0.25, -0.2) is 14.4 Å². The molecule has 0 radical (unpaired) electrons. The largest absolute Gasteiger partial charge is 0.337 e. The van der Waals surface area contributed by atoms with Crippen LogP contribution in [0.25, 0.3) is 0 Å². The van der Waals surface area contributed by atoms with E-state index in [9.17, 15) is 4.39 Å². The number of hydrogen-bond acceptors (Lipinski definition) is 3. The average Bonchev–Trinajstić information content (AvgIpc) is 2.46. The van der Waals surface area contributed by atoms with Gasteiger partial charge in [-0.3, -0.25) is 0 Å². The van der Waals surface area contributed by atoms with Crippen molar-refractivity contribution in [3.63, 3.8) is 0 Å². The highest BCUT2D eigenvalue weighted by Crippen LogP contribution is 2.24. The molecule has 0 saturated heterocycles. The standard InChI is InChI=1S/C14H15ClFN3/c1-10(12-5-3-4-6-13(12)16)19(2)14-17-8-11(7-15)9-18-14/h3-6,8-10H,7H2,1-2H3. The number of anilines is 1. The van der Waals surface area contributed by atoms with Crippen LogP contribution in [0.15, 0.2) is 36.7 Å². The van der Waals surface area contributed by atoms with E-state index in [4.69, 9.17) is 11.6 Å². The summed E-state index contributed by atoms with van der Waals surface area (Å²) in [5.41, 5.74) is 1.48. The Labute approximate surface area is 117 Å². The maximum absolute atomic E-state index is 13.7. The van der Waals surface area contributed by atoms with Crippen LogP contribution in [0.4, 0.5) is 10.3 Å². The van der Waals surface area contributed by atoms with Crippen LogP contribution in [0.5, 0.6) is 0 Å². The minimum Gasteiger partial charge on any atom is -0.337 e. The predicted molar refractivity (Wildman–Crippen MR) is 74.8 cm³/mol. The molecule has 0 N–H and O–H groups in total. The Kier molecular flexibility index (Phi) is 4.32. The summed E-state index contributed by atoms with van der Waals surface area (Å²) in [7, 11) is 1.84. The van der Waals surface area contributed by atoms with Crippen LogP contribution >= 0.6 is 11.6 Å². The molecule has 19 heavy (non-hydrogen) atoms. The first-order valence-electron chi connectivity index (χ1n) is 5.97. The lowest BCUT2D eigenvalue weighted by Crippen LogP contribution is -2.24. The van der Waals surface area contributed by atoms with Crippen LogP contribution in [-0.2, 0) is 5.88 Å². The predicted octanol–water partition coefficient (Wildman–Crippen LogP) is 3.55. The van der Waals surface area contributed by atoms with Crippen molar-refractivity contribution in [2.75, 3.05) is 11.9 Å². The summed E-state index contributed by atoms with van der Waals surface area (Å²) in [5.74, 6) is 0.705. The molecule has 1 unspecified atom stereocenters. The second-order valence-electron chi connectivity index (χ2n) is 4.33. The van der Waals surface area contributed by atoms with Crippen LogP contribution in [-0.4, -0.2) is 17.0 Å². The first-order chi connectivity index (χ1) is 9.13. The molecule has 0 saturated carbocycles. The second-order valence-corrected chi connectivity index (χ2v) is 4.60. The van der Waals surface area contributed by atoms with E-state index in [1.807, 2.05) is 24.9 Å². The van der Waals surface area contributed by atoms with Crippen LogP contribution in [0.3, 0.4) is 0 Å². The average molecular weight is 280 g/mol. The molecule has 0 aliphatic heterocycles. The summed E-state index contributed by atoms with van der Waals surface area (Å²) < 4.78 is 13.7. The Morgan fingerprint density at radius 1 is 1.26 bits per heavy atom. The van der Waals surface area contributed by atoms with Crippen molar-refractivity contribution in [3.8, 4) is 0 Å². The van der Waals surface area contributed by atoms with Crippen molar-refractivity contribution in [1.82, 2.24) is 9.97 Å². The number of alkyl halides is 1. The van der Waals surface area contributed by atoms with Gasteiger partial charge in [0, 0.05) is 30.6 Å². The minimum atomic E-state index is -0.223. The second kappa shape index (κ2) is 5.97. The van der Waals surface area contributed by atoms with Crippen molar-refractivity contribution in [3.05, 3.63) is 53.6 Å². The van der Waals surface area contributed by atoms with Gasteiger partial charge in [0.1, 0.15) is 5.82 Å². The lowest BCUT2D eigenvalue weighted by Gasteiger charge is -2.25. The molecule has 3 nitrogen and oxygen atoms in total. The van der Waals surface area contributed by atoms with Crippen molar-refractivity contribution in [1.29, 1.82) is 0 Å². The molecule has 0 aliphatic rings. The molecule has 0 amide bonds. The van der Waals surface area contributed by atoms with E-state index >= 15 is 0 Å². The molecule has 0 spiro atoms. The molecule has 1 aromatic carbocycles. The third kappa shape index (κ3) is 3.01. The van der Waals surface area contributed by atoms with Gasteiger partial charge in [0.2, 0.25) is 5.95 Å². The van der Waals surface area contributed by atoms with E-state index in [2.05, 4.69) is 9.97 Å². The highest BCUT2D eigenvalue weighted by Gasteiger charge is 2.17. The Bertz CT molecular complexity index is 545. The number of hydrogen-bond donors (Lipinski definition) is 0. The maximum atomic E-state index is 13.7. The van der Waals surface area contributed by atoms with E-state index in [-0.39, 0.29) is 11.9 Å². The number of aromatic nitrogens is 2. The lowest BCUT2D eigenvalue weighted by molar-refractivity contribution is 0.582. The monoisotopic (exact) mass is 279 g/mol. The van der Waals surface area contributed by atoms with Crippen LogP contribution in [0.2, 0.25) is 0 Å². The lowest BCUT2D eigenvalue weighted by atomic mass is 10.1. The molecule has 0 bridgehead atoms. The third-order valence-corrected chi connectivity index (χ3v) is 3.41. The first-order valence-corrected chi connectivity index (χ1v) is 6.51. The molecular weight excluding hydrogens is 265 g/mol. The molecular formula is C14H15ClFN3. The molecule has 1 atom stereocenters. The van der Waals surface area contributed by atoms with Crippen LogP contribution < -0.4 is 4.90 Å². The van der Waals surface area contributed by atoms with Gasteiger partial charge in [0.05, 0.1) is 11.9 Å². The molecule has 2 aromatic rings.